The molecule has 1 aromatic heterocycles. The predicted molar refractivity (Wildman–Crippen MR) is 87.7 cm³/mol. The normalized spacial score (nSPS) is 10.5. The van der Waals surface area contributed by atoms with Crippen molar-refractivity contribution < 1.29 is 13.9 Å². The minimum atomic E-state index is -0.598. The number of fused-ring (bicyclic) bond motifs is 1. The van der Waals surface area contributed by atoms with Crippen LogP contribution in [0.25, 0.3) is 11.0 Å². The van der Waals surface area contributed by atoms with Gasteiger partial charge in [0, 0.05) is 12.5 Å². The van der Waals surface area contributed by atoms with E-state index in [1.165, 1.54) is 6.42 Å². The van der Waals surface area contributed by atoms with Crippen LogP contribution in [0, 0.1) is 0 Å². The van der Waals surface area contributed by atoms with Crippen LogP contribution in [0.15, 0.2) is 27.4 Å². The molecule has 122 valence electrons. The molecule has 5 heteroatoms. The van der Waals surface area contributed by atoms with Gasteiger partial charge < -0.3 is 13.9 Å². The molecule has 1 aromatic carbocycles. The van der Waals surface area contributed by atoms with Crippen LogP contribution in [0.3, 0.4) is 0 Å². The van der Waals surface area contributed by atoms with Crippen molar-refractivity contribution in [3.05, 3.63) is 34.4 Å². The van der Waals surface area contributed by atoms with Crippen LogP contribution in [-0.2, 0) is 4.74 Å². The van der Waals surface area contributed by atoms with Gasteiger partial charge in [0.15, 0.2) is 11.3 Å². The number of hydrogen-bond acceptors (Lipinski definition) is 5. The van der Waals surface area contributed by atoms with E-state index < -0.39 is 5.76 Å². The van der Waals surface area contributed by atoms with Gasteiger partial charge >= 0.3 is 5.76 Å². The van der Waals surface area contributed by atoms with Crippen LogP contribution >= 0.6 is 0 Å². The molecule has 0 unspecified atom stereocenters. The Morgan fingerprint density at radius 3 is 2.50 bits per heavy atom. The van der Waals surface area contributed by atoms with E-state index >= 15 is 0 Å². The van der Waals surface area contributed by atoms with Gasteiger partial charge in [-0.25, -0.2) is 4.79 Å². The highest BCUT2D eigenvalue weighted by molar-refractivity contribution is 5.84. The second kappa shape index (κ2) is 9.20. The van der Waals surface area contributed by atoms with Crippen LogP contribution < -0.4 is 10.5 Å². The van der Waals surface area contributed by atoms with Crippen LogP contribution in [0.5, 0.6) is 5.75 Å². The third kappa shape index (κ3) is 4.84. The molecule has 0 bridgehead atoms. The van der Waals surface area contributed by atoms with Gasteiger partial charge in [0.05, 0.1) is 12.3 Å². The van der Waals surface area contributed by atoms with E-state index in [1.54, 1.807) is 13.2 Å². The highest BCUT2D eigenvalue weighted by atomic mass is 16.5. The Labute approximate surface area is 131 Å². The molecule has 0 fully saturated rings. The fourth-order valence-electron chi connectivity index (χ4n) is 1.88. The van der Waals surface area contributed by atoms with E-state index in [1.807, 2.05) is 26.0 Å². The molecule has 0 N–H and O–H groups in total. The molecule has 2 rings (SSSR count). The van der Waals surface area contributed by atoms with E-state index in [-0.39, 0.29) is 5.92 Å². The fraction of sp³-hybridized carbons (Fsp3) is 0.529. The fourth-order valence-corrected chi connectivity index (χ4v) is 1.88. The second-order valence-electron chi connectivity index (χ2n) is 5.20. The van der Waals surface area contributed by atoms with Crippen molar-refractivity contribution in [3.63, 3.8) is 0 Å². The van der Waals surface area contributed by atoms with Gasteiger partial charge in [0.25, 0.3) is 0 Å². The molecule has 0 radical (unpaired) electrons. The Kier molecular flexibility index (Phi) is 7.60. The molecule has 0 saturated heterocycles. The van der Waals surface area contributed by atoms with Crippen LogP contribution in [0.2, 0.25) is 0 Å². The summed E-state index contributed by atoms with van der Waals surface area (Å²) in [6.07, 6.45) is 1.25. The lowest BCUT2D eigenvalue weighted by molar-refractivity contribution is 0.146. The summed E-state index contributed by atoms with van der Waals surface area (Å²) in [6, 6.07) is 5.51. The van der Waals surface area contributed by atoms with Gasteiger partial charge in [-0.1, -0.05) is 40.2 Å². The van der Waals surface area contributed by atoms with Crippen LogP contribution in [0.1, 0.15) is 45.7 Å². The molecule has 0 spiro atoms. The summed E-state index contributed by atoms with van der Waals surface area (Å²) in [5, 5.41) is 0.810. The minimum absolute atomic E-state index is 0.140. The first-order chi connectivity index (χ1) is 10.5. The number of nitrogens with zero attached hydrogens (tertiary/aromatic N) is 1. The SMILES string of the molecule is CCC.COCCOc1cccc2c(C(C)C)nc(=O)oc12. The highest BCUT2D eigenvalue weighted by Gasteiger charge is 2.13. The molecule has 0 aliphatic carbocycles. The van der Waals surface area contributed by atoms with Gasteiger partial charge in [-0.15, -0.1) is 0 Å². The molecule has 2 aromatic rings. The summed E-state index contributed by atoms with van der Waals surface area (Å²) >= 11 is 0. The monoisotopic (exact) mass is 307 g/mol. The van der Waals surface area contributed by atoms with E-state index in [9.17, 15) is 4.79 Å². The Bertz CT molecular complexity index is 634. The van der Waals surface area contributed by atoms with Crippen molar-refractivity contribution in [1.29, 1.82) is 0 Å². The van der Waals surface area contributed by atoms with E-state index in [0.717, 1.165) is 11.1 Å². The van der Waals surface area contributed by atoms with Gasteiger partial charge in [0.1, 0.15) is 6.61 Å². The average molecular weight is 307 g/mol. The molecular weight excluding hydrogens is 282 g/mol. The first-order valence-corrected chi connectivity index (χ1v) is 7.60. The first kappa shape index (κ1) is 18.2. The van der Waals surface area contributed by atoms with Crippen molar-refractivity contribution in [2.45, 2.75) is 40.0 Å². The molecular formula is C17H25NO4. The lowest BCUT2D eigenvalue weighted by Crippen LogP contribution is -2.10. The van der Waals surface area contributed by atoms with Crippen LogP contribution in [0.4, 0.5) is 0 Å². The van der Waals surface area contributed by atoms with E-state index in [0.29, 0.717) is 24.5 Å². The summed E-state index contributed by atoms with van der Waals surface area (Å²) in [4.78, 5) is 15.5. The minimum Gasteiger partial charge on any atom is -0.487 e. The van der Waals surface area contributed by atoms with Crippen LogP contribution in [-0.4, -0.2) is 25.3 Å². The predicted octanol–water partition coefficient (Wildman–Crippen LogP) is 3.75. The highest BCUT2D eigenvalue weighted by Crippen LogP contribution is 2.28. The lowest BCUT2D eigenvalue weighted by atomic mass is 10.1. The van der Waals surface area contributed by atoms with Gasteiger partial charge in [-0.05, 0) is 18.1 Å². The third-order valence-electron chi connectivity index (χ3n) is 2.75. The molecule has 0 aliphatic heterocycles. The number of benzene rings is 1. The Morgan fingerprint density at radius 1 is 1.23 bits per heavy atom. The zero-order valence-corrected chi connectivity index (χ0v) is 14.0. The zero-order valence-electron chi connectivity index (χ0n) is 14.0. The van der Waals surface area contributed by atoms with Crippen molar-refractivity contribution in [2.24, 2.45) is 0 Å². The standard InChI is InChI=1S/C14H17NO4.C3H8/c1-9(2)12-10-5-4-6-11(18-8-7-17-3)13(10)19-14(16)15-12;1-3-2/h4-6,9H,7-8H2,1-3H3;3H2,1-2H3. The van der Waals surface area contributed by atoms with Crippen molar-refractivity contribution >= 4 is 11.0 Å². The topological polar surface area (TPSA) is 61.6 Å². The largest absolute Gasteiger partial charge is 0.487 e. The summed E-state index contributed by atoms with van der Waals surface area (Å²) < 4.78 is 15.7. The maximum absolute atomic E-state index is 11.5. The first-order valence-electron chi connectivity index (χ1n) is 7.60. The quantitative estimate of drug-likeness (QED) is 0.787. The zero-order chi connectivity index (χ0) is 16.5. The number of aromatic nitrogens is 1. The van der Waals surface area contributed by atoms with Crippen molar-refractivity contribution in [1.82, 2.24) is 4.98 Å². The number of hydrogen-bond donors (Lipinski definition) is 0. The maximum Gasteiger partial charge on any atom is 0.439 e. The number of para-hydroxylation sites is 1. The Balaban J connectivity index is 0.000000745. The van der Waals surface area contributed by atoms with E-state index in [2.05, 4.69) is 18.8 Å². The van der Waals surface area contributed by atoms with Gasteiger partial charge in [0.2, 0.25) is 0 Å². The molecule has 0 aliphatic rings. The smallest absolute Gasteiger partial charge is 0.439 e. The average Bonchev–Trinajstić information content (AvgIpc) is 2.48. The summed E-state index contributed by atoms with van der Waals surface area (Å²) in [6.45, 7) is 9.10. The molecule has 22 heavy (non-hydrogen) atoms. The lowest BCUT2D eigenvalue weighted by Gasteiger charge is -2.10. The molecule has 0 atom stereocenters. The Hall–Kier alpha value is -1.88. The molecule has 0 amide bonds. The van der Waals surface area contributed by atoms with Crippen molar-refractivity contribution in [3.8, 4) is 5.75 Å². The maximum atomic E-state index is 11.5. The second-order valence-corrected chi connectivity index (χ2v) is 5.20. The van der Waals surface area contributed by atoms with E-state index in [4.69, 9.17) is 13.9 Å². The summed E-state index contributed by atoms with van der Waals surface area (Å²) in [7, 11) is 1.60. The molecule has 5 nitrogen and oxygen atoms in total. The number of ether oxygens (including phenoxy) is 2. The number of methoxy groups -OCH3 is 1. The molecule has 0 saturated carbocycles. The summed E-state index contributed by atoms with van der Waals surface area (Å²) in [5.74, 6) is 0.0794. The van der Waals surface area contributed by atoms with Crippen molar-refractivity contribution in [2.75, 3.05) is 20.3 Å². The third-order valence-corrected chi connectivity index (χ3v) is 2.75. The number of rotatable bonds is 5. The Morgan fingerprint density at radius 2 is 1.91 bits per heavy atom. The van der Waals surface area contributed by atoms with Gasteiger partial charge in [-0.2, -0.15) is 4.98 Å². The summed E-state index contributed by atoms with van der Waals surface area (Å²) in [5.41, 5.74) is 1.17. The van der Waals surface area contributed by atoms with Gasteiger partial charge in [-0.3, -0.25) is 0 Å². The molecule has 1 heterocycles.